The van der Waals surface area contributed by atoms with Crippen LogP contribution in [0.2, 0.25) is 0 Å². The predicted molar refractivity (Wildman–Crippen MR) is 119 cm³/mol. The summed E-state index contributed by atoms with van der Waals surface area (Å²) in [6, 6.07) is 18.7. The highest BCUT2D eigenvalue weighted by Crippen LogP contribution is 2.28. The molecule has 152 valence electrons. The molecule has 0 bridgehead atoms. The lowest BCUT2D eigenvalue weighted by Gasteiger charge is -2.12. The number of carbonyl (C=O) groups is 1. The van der Waals surface area contributed by atoms with Gasteiger partial charge in [-0.25, -0.2) is 0 Å². The number of benzene rings is 2. The Morgan fingerprint density at radius 3 is 2.52 bits per heavy atom. The number of aryl methyl sites for hydroxylation is 1. The van der Waals surface area contributed by atoms with Gasteiger partial charge in [-0.2, -0.15) is 0 Å². The number of nitrogens with zero attached hydrogens (tertiary/aromatic N) is 3. The van der Waals surface area contributed by atoms with Gasteiger partial charge in [-0.05, 0) is 38.8 Å². The molecule has 1 N–H and O–H groups in total. The molecule has 1 unspecified atom stereocenters. The molecule has 5 nitrogen and oxygen atoms in total. The zero-order valence-electron chi connectivity index (χ0n) is 17.3. The topological polar surface area (TPSA) is 59.8 Å². The Labute approximate surface area is 176 Å². The summed E-state index contributed by atoms with van der Waals surface area (Å²) in [7, 11) is 0. The van der Waals surface area contributed by atoms with E-state index in [1.807, 2.05) is 25.1 Å². The minimum atomic E-state index is 0.116. The molecule has 1 atom stereocenters. The average Bonchev–Trinajstić information content (AvgIpc) is 3.16. The number of aromatic nitrogens is 3. The summed E-state index contributed by atoms with van der Waals surface area (Å²) < 4.78 is 2.09. The standard InChI is InChI=1S/C23H28N4OS/c1-4-18(3)24-21(28)11-8-16-29-23-26-25-22(19-14-12-17(2)13-15-19)27(23)20-9-6-5-7-10-20/h5-7,9-10,12-15,18H,4,8,11,16H2,1-3H3,(H,24,28). The molecule has 3 aromatic rings. The summed E-state index contributed by atoms with van der Waals surface area (Å²) in [5, 5.41) is 12.8. The van der Waals surface area contributed by atoms with Gasteiger partial charge in [0, 0.05) is 29.5 Å². The van der Waals surface area contributed by atoms with E-state index in [2.05, 4.69) is 70.3 Å². The first-order valence-electron chi connectivity index (χ1n) is 10.1. The average molecular weight is 409 g/mol. The zero-order valence-corrected chi connectivity index (χ0v) is 18.1. The first kappa shape index (κ1) is 21.1. The van der Waals surface area contributed by atoms with Gasteiger partial charge in [-0.15, -0.1) is 10.2 Å². The fraction of sp³-hybridized carbons (Fsp3) is 0.348. The van der Waals surface area contributed by atoms with E-state index in [4.69, 9.17) is 0 Å². The van der Waals surface area contributed by atoms with Gasteiger partial charge in [0.25, 0.3) is 0 Å². The van der Waals surface area contributed by atoms with E-state index in [9.17, 15) is 4.79 Å². The van der Waals surface area contributed by atoms with Crippen LogP contribution in [0.5, 0.6) is 0 Å². The van der Waals surface area contributed by atoms with Gasteiger partial charge in [0.2, 0.25) is 5.91 Å². The number of carbonyl (C=O) groups excluding carboxylic acids is 1. The molecule has 0 fully saturated rings. The summed E-state index contributed by atoms with van der Waals surface area (Å²) in [4.78, 5) is 12.0. The second-order valence-electron chi connectivity index (χ2n) is 7.17. The van der Waals surface area contributed by atoms with E-state index in [-0.39, 0.29) is 11.9 Å². The molecular weight excluding hydrogens is 380 g/mol. The maximum absolute atomic E-state index is 12.0. The Hall–Kier alpha value is -2.60. The number of thioether (sulfide) groups is 1. The number of para-hydroxylation sites is 1. The van der Waals surface area contributed by atoms with Crippen molar-refractivity contribution in [3.05, 3.63) is 60.2 Å². The van der Waals surface area contributed by atoms with E-state index in [0.29, 0.717) is 6.42 Å². The molecular formula is C23H28N4OS. The van der Waals surface area contributed by atoms with E-state index < -0.39 is 0 Å². The first-order chi connectivity index (χ1) is 14.1. The van der Waals surface area contributed by atoms with Crippen LogP contribution < -0.4 is 5.32 Å². The van der Waals surface area contributed by atoms with Crippen molar-refractivity contribution in [2.45, 2.75) is 51.2 Å². The molecule has 29 heavy (non-hydrogen) atoms. The second-order valence-corrected chi connectivity index (χ2v) is 8.23. The molecule has 0 saturated carbocycles. The van der Waals surface area contributed by atoms with Crippen LogP contribution in [0.1, 0.15) is 38.7 Å². The molecule has 1 aromatic heterocycles. The second kappa shape index (κ2) is 10.3. The quantitative estimate of drug-likeness (QED) is 0.398. The van der Waals surface area contributed by atoms with Crippen LogP contribution >= 0.6 is 11.8 Å². The molecule has 6 heteroatoms. The third-order valence-electron chi connectivity index (χ3n) is 4.76. The molecule has 0 radical (unpaired) electrons. The van der Waals surface area contributed by atoms with Crippen LogP contribution in [-0.2, 0) is 4.79 Å². The van der Waals surface area contributed by atoms with Crippen LogP contribution in [0.3, 0.4) is 0 Å². The maximum atomic E-state index is 12.0. The lowest BCUT2D eigenvalue weighted by molar-refractivity contribution is -0.121. The summed E-state index contributed by atoms with van der Waals surface area (Å²) in [5.41, 5.74) is 3.28. The monoisotopic (exact) mass is 408 g/mol. The SMILES string of the molecule is CCC(C)NC(=O)CCCSc1nnc(-c2ccc(C)cc2)n1-c1ccccc1. The summed E-state index contributed by atoms with van der Waals surface area (Å²) in [6.07, 6.45) is 2.28. The van der Waals surface area contributed by atoms with Crippen molar-refractivity contribution in [2.75, 3.05) is 5.75 Å². The fourth-order valence-corrected chi connectivity index (χ4v) is 3.80. The predicted octanol–water partition coefficient (Wildman–Crippen LogP) is 5.03. The highest BCUT2D eigenvalue weighted by Gasteiger charge is 2.16. The minimum absolute atomic E-state index is 0.116. The number of nitrogens with one attached hydrogen (secondary N) is 1. The lowest BCUT2D eigenvalue weighted by Crippen LogP contribution is -2.31. The van der Waals surface area contributed by atoms with Gasteiger partial charge in [0.05, 0.1) is 0 Å². The largest absolute Gasteiger partial charge is 0.354 e. The Morgan fingerprint density at radius 2 is 1.83 bits per heavy atom. The Morgan fingerprint density at radius 1 is 1.10 bits per heavy atom. The van der Waals surface area contributed by atoms with E-state index in [0.717, 1.165) is 40.8 Å². The van der Waals surface area contributed by atoms with Gasteiger partial charge in [-0.1, -0.05) is 66.7 Å². The molecule has 0 aliphatic carbocycles. The van der Waals surface area contributed by atoms with E-state index in [1.54, 1.807) is 11.8 Å². The third-order valence-corrected chi connectivity index (χ3v) is 5.77. The number of rotatable bonds is 9. The van der Waals surface area contributed by atoms with Crippen molar-refractivity contribution in [1.29, 1.82) is 0 Å². The van der Waals surface area contributed by atoms with Crippen molar-refractivity contribution >= 4 is 17.7 Å². The highest BCUT2D eigenvalue weighted by molar-refractivity contribution is 7.99. The molecule has 1 amide bonds. The Kier molecular flexibility index (Phi) is 7.47. The number of hydrogen-bond donors (Lipinski definition) is 1. The zero-order chi connectivity index (χ0) is 20.6. The van der Waals surface area contributed by atoms with Crippen LogP contribution in [-0.4, -0.2) is 32.5 Å². The van der Waals surface area contributed by atoms with Gasteiger partial charge in [0.15, 0.2) is 11.0 Å². The summed E-state index contributed by atoms with van der Waals surface area (Å²) in [5.74, 6) is 1.75. The molecule has 0 aliphatic heterocycles. The normalized spacial score (nSPS) is 12.0. The molecule has 2 aromatic carbocycles. The van der Waals surface area contributed by atoms with E-state index in [1.165, 1.54) is 5.56 Å². The lowest BCUT2D eigenvalue weighted by atomic mass is 10.1. The fourth-order valence-electron chi connectivity index (χ4n) is 2.91. The van der Waals surface area contributed by atoms with Crippen LogP contribution in [0, 0.1) is 6.92 Å². The smallest absolute Gasteiger partial charge is 0.220 e. The van der Waals surface area contributed by atoms with Crippen LogP contribution in [0.4, 0.5) is 0 Å². The van der Waals surface area contributed by atoms with Crippen molar-refractivity contribution in [3.63, 3.8) is 0 Å². The Balaban J connectivity index is 1.74. The van der Waals surface area contributed by atoms with Gasteiger partial charge < -0.3 is 5.32 Å². The number of hydrogen-bond acceptors (Lipinski definition) is 4. The molecule has 0 saturated heterocycles. The number of amides is 1. The van der Waals surface area contributed by atoms with Gasteiger partial charge >= 0.3 is 0 Å². The van der Waals surface area contributed by atoms with Crippen LogP contribution in [0.15, 0.2) is 59.8 Å². The van der Waals surface area contributed by atoms with Crippen molar-refractivity contribution in [2.24, 2.45) is 0 Å². The Bertz CT molecular complexity index is 922. The third kappa shape index (κ3) is 5.70. The molecule has 3 rings (SSSR count). The highest BCUT2D eigenvalue weighted by atomic mass is 32.2. The summed E-state index contributed by atoms with van der Waals surface area (Å²) >= 11 is 1.64. The maximum Gasteiger partial charge on any atom is 0.220 e. The minimum Gasteiger partial charge on any atom is -0.354 e. The summed E-state index contributed by atoms with van der Waals surface area (Å²) in [6.45, 7) is 6.18. The molecule has 0 aliphatic rings. The van der Waals surface area contributed by atoms with Crippen molar-refractivity contribution in [3.8, 4) is 17.1 Å². The molecule has 0 spiro atoms. The van der Waals surface area contributed by atoms with Gasteiger partial charge in [0.1, 0.15) is 0 Å². The van der Waals surface area contributed by atoms with E-state index >= 15 is 0 Å². The van der Waals surface area contributed by atoms with Gasteiger partial charge in [-0.3, -0.25) is 9.36 Å². The molecule has 1 heterocycles. The van der Waals surface area contributed by atoms with Crippen molar-refractivity contribution < 1.29 is 4.79 Å². The van der Waals surface area contributed by atoms with Crippen LogP contribution in [0.25, 0.3) is 17.1 Å². The first-order valence-corrected chi connectivity index (χ1v) is 11.1. The van der Waals surface area contributed by atoms with Crippen molar-refractivity contribution in [1.82, 2.24) is 20.1 Å².